The van der Waals surface area contributed by atoms with Crippen LogP contribution in [0.15, 0.2) is 364 Å². The van der Waals surface area contributed by atoms with E-state index in [1.165, 1.54) is 0 Å². The smallest absolute Gasteiger partial charge is 0.454 e. The summed E-state index contributed by atoms with van der Waals surface area (Å²) in [7, 11) is -0.445. The number of aromatic nitrogens is 9. The predicted molar refractivity (Wildman–Crippen MR) is 521 cm³/mol. The average molecular weight is 1840 g/mol. The normalized spacial score (nSPS) is 12.7. The lowest BCUT2D eigenvalue weighted by Crippen LogP contribution is -2.41. The van der Waals surface area contributed by atoms with Crippen molar-refractivity contribution >= 4 is 164 Å². The number of rotatable bonds is 12. The Morgan fingerprint density at radius 3 is 0.803 bits per heavy atom. The van der Waals surface area contributed by atoms with Crippen molar-refractivity contribution in [2.75, 3.05) is 0 Å². The van der Waals surface area contributed by atoms with E-state index in [1.807, 2.05) is 291 Å². The zero-order chi connectivity index (χ0) is 87.0. The lowest BCUT2D eigenvalue weighted by Gasteiger charge is -2.32. The second-order valence-electron chi connectivity index (χ2n) is 31.1. The van der Waals surface area contributed by atoms with Crippen LogP contribution in [0, 0.1) is 0 Å². The zero-order valence-electron chi connectivity index (χ0n) is 68.2. The number of fused-ring (bicyclic) bond motifs is 9. The molecule has 7 heterocycles. The van der Waals surface area contributed by atoms with Gasteiger partial charge in [0.05, 0.1) is 26.3 Å². The number of furan rings is 3. The molecule has 0 unspecified atom stereocenters. The van der Waals surface area contributed by atoms with Crippen molar-refractivity contribution in [3.8, 4) is 125 Å². The Balaban J connectivity index is 0.000000114. The van der Waals surface area contributed by atoms with Crippen LogP contribution in [0.2, 0.25) is 30.1 Å². The average Bonchev–Trinajstić information content (AvgIpc) is 1.66. The van der Waals surface area contributed by atoms with E-state index >= 15 is 0 Å². The molecule has 15 aromatic carbocycles. The van der Waals surface area contributed by atoms with Crippen LogP contribution < -0.4 is 5.46 Å². The number of halogens is 7. The van der Waals surface area contributed by atoms with Gasteiger partial charge < -0.3 is 22.6 Å². The molecule has 6 aromatic heterocycles. The van der Waals surface area contributed by atoms with Crippen molar-refractivity contribution in [3.05, 3.63) is 380 Å². The molecule has 1 saturated heterocycles. The Bertz CT molecular complexity index is 7230. The van der Waals surface area contributed by atoms with E-state index in [-0.39, 0.29) is 0 Å². The predicted octanol–water partition coefficient (Wildman–Crippen LogP) is 30.3. The molecule has 127 heavy (non-hydrogen) atoms. The third-order valence-corrected chi connectivity index (χ3v) is 24.3. The third kappa shape index (κ3) is 17.5. The second-order valence-corrected chi connectivity index (χ2v) is 34.4. The Hall–Kier alpha value is -13.1. The summed E-state index contributed by atoms with van der Waals surface area (Å²) < 4.78 is 31.4. The SMILES string of the molecule is CC1(C)OB(c2cccc(-c3nc(-c4ccccc4)nc(-c4ccccc4)n3)c2)OC1(C)C.Clc1cc(Cl)c2oc3cccc(-c4cccc(-c5nc(-c6ccccc6)nc(-c6ccccc6)n5)c4)c3c2c1.Clc1cc(Cl)c2oc3cccc(-c4cccc(-c5nc(-c6ccccc6)nc(-c6ccccc6)n5)c4)c3c2c1.Clc1cc(Cl)c2oc3cccc(Br)c3c2c1. The van der Waals surface area contributed by atoms with E-state index in [0.29, 0.717) is 99.3 Å². The van der Waals surface area contributed by atoms with Gasteiger partial charge in [-0.3, -0.25) is 0 Å². The summed E-state index contributed by atoms with van der Waals surface area (Å²) in [6, 6.07) is 113. The van der Waals surface area contributed by atoms with Crippen LogP contribution in [0.3, 0.4) is 0 Å². The quantitative estimate of drug-likeness (QED) is 0.106. The second kappa shape index (κ2) is 35.8. The minimum absolute atomic E-state index is 0.401. The van der Waals surface area contributed by atoms with Crippen molar-refractivity contribution in [3.63, 3.8) is 0 Å². The minimum Gasteiger partial charge on any atom is -0.454 e. The van der Waals surface area contributed by atoms with E-state index in [9.17, 15) is 0 Å². The molecule has 0 bridgehead atoms. The molecule has 0 aliphatic carbocycles. The number of hydrogen-bond acceptors (Lipinski definition) is 14. The van der Waals surface area contributed by atoms with E-state index in [1.54, 1.807) is 18.2 Å². The van der Waals surface area contributed by atoms with Crippen LogP contribution >= 0.6 is 85.5 Å². The first kappa shape index (κ1) is 83.5. The third-order valence-electron chi connectivity index (χ3n) is 22.1. The molecule has 1 aliphatic heterocycles. The van der Waals surface area contributed by atoms with Crippen molar-refractivity contribution in [2.45, 2.75) is 38.9 Å². The first-order chi connectivity index (χ1) is 61.8. The molecule has 0 N–H and O–H groups in total. The zero-order valence-corrected chi connectivity index (χ0v) is 74.3. The Kier molecular flexibility index (Phi) is 23.5. The van der Waals surface area contributed by atoms with Crippen LogP contribution in [0.25, 0.3) is 191 Å². The fourth-order valence-electron chi connectivity index (χ4n) is 15.3. The molecule has 1 fully saturated rings. The van der Waals surface area contributed by atoms with Gasteiger partial charge in [-0.15, -0.1) is 0 Å². The maximum Gasteiger partial charge on any atom is 0.494 e. The van der Waals surface area contributed by atoms with Crippen LogP contribution in [0.1, 0.15) is 27.7 Å². The first-order valence-corrected chi connectivity index (χ1v) is 43.7. The van der Waals surface area contributed by atoms with Gasteiger partial charge in [-0.25, -0.2) is 44.9 Å². The largest absolute Gasteiger partial charge is 0.494 e. The maximum absolute atomic E-state index is 6.47. The molecule has 0 atom stereocenters. The Labute approximate surface area is 769 Å². The van der Waals surface area contributed by atoms with Crippen molar-refractivity contribution < 1.29 is 22.6 Å². The topological polar surface area (TPSA) is 174 Å². The fourth-order valence-corrected chi connectivity index (χ4v) is 17.4. The number of hydrogen-bond donors (Lipinski definition) is 0. The fraction of sp³-hybridized carbons (Fsp3) is 0.0571. The Morgan fingerprint density at radius 1 is 0.244 bits per heavy atom. The summed E-state index contributed by atoms with van der Waals surface area (Å²) in [6.07, 6.45) is 0. The molecular weight excluding hydrogens is 1770 g/mol. The molecule has 616 valence electrons. The molecule has 0 spiro atoms. The lowest BCUT2D eigenvalue weighted by molar-refractivity contribution is 0.00578. The van der Waals surface area contributed by atoms with E-state index in [2.05, 4.69) is 80.0 Å². The number of nitrogens with zero attached hydrogens (tertiary/aromatic N) is 9. The monoisotopic (exact) mass is 1840 g/mol. The molecular formula is C105H69BBrCl6N9O5. The summed E-state index contributed by atoms with van der Waals surface area (Å²) >= 11 is 41.3. The molecule has 22 rings (SSSR count). The molecule has 0 saturated carbocycles. The summed E-state index contributed by atoms with van der Waals surface area (Å²) in [5.41, 5.74) is 16.6. The van der Waals surface area contributed by atoms with Gasteiger partial charge in [0.25, 0.3) is 0 Å². The standard InChI is InChI=1S/2C33H19Cl2N3O.C27H26BN3O2.C12H5BrCl2O/c2*34-24-18-26-29-25(15-8-16-28(29)39-30(26)27(35)19-24)22-13-7-14-23(17-22)33-37-31(20-9-3-1-4-10-20)36-32(38-33)21-11-5-2-6-12-21;1-26(2)27(3,4)33-28(32-26)22-17-11-16-21(18-22)25-30-23(19-12-7-5-8-13-19)29-24(31-25)20-14-9-6-10-15-20;13-8-2-1-3-10-11(8)7-4-6(14)5-9(15)12(7)16-10/h2*1-19H;5-18H,1-4H3;1-5H. The number of benzene rings is 15. The highest BCUT2D eigenvalue weighted by atomic mass is 79.9. The van der Waals surface area contributed by atoms with Gasteiger partial charge >= 0.3 is 7.12 Å². The molecule has 0 radical (unpaired) electrons. The van der Waals surface area contributed by atoms with Gasteiger partial charge in [0.2, 0.25) is 0 Å². The van der Waals surface area contributed by atoms with Gasteiger partial charge in [-0.2, -0.15) is 0 Å². The summed E-state index contributed by atoms with van der Waals surface area (Å²) in [4.78, 5) is 43.6. The molecule has 1 aliphatic rings. The van der Waals surface area contributed by atoms with E-state index in [4.69, 9.17) is 137 Å². The van der Waals surface area contributed by atoms with Gasteiger partial charge in [0, 0.05) is 102 Å². The lowest BCUT2D eigenvalue weighted by atomic mass is 9.78. The highest BCUT2D eigenvalue weighted by molar-refractivity contribution is 9.10. The summed E-state index contributed by atoms with van der Waals surface area (Å²) in [5, 5.41) is 8.84. The van der Waals surface area contributed by atoms with Gasteiger partial charge in [-0.1, -0.05) is 359 Å². The Morgan fingerprint density at radius 2 is 0.488 bits per heavy atom. The van der Waals surface area contributed by atoms with Gasteiger partial charge in [0.15, 0.2) is 69.2 Å². The van der Waals surface area contributed by atoms with Crippen molar-refractivity contribution in [1.82, 2.24) is 44.9 Å². The molecule has 22 heteroatoms. The summed E-state index contributed by atoms with van der Waals surface area (Å²) in [5.74, 6) is 5.57. The molecule has 14 nitrogen and oxygen atoms in total. The van der Waals surface area contributed by atoms with Gasteiger partial charge in [-0.05, 0) is 128 Å². The van der Waals surface area contributed by atoms with Crippen molar-refractivity contribution in [1.29, 1.82) is 0 Å². The van der Waals surface area contributed by atoms with Crippen LogP contribution in [-0.4, -0.2) is 63.2 Å². The van der Waals surface area contributed by atoms with Crippen LogP contribution in [0.5, 0.6) is 0 Å². The van der Waals surface area contributed by atoms with Crippen molar-refractivity contribution in [2.24, 2.45) is 0 Å². The minimum atomic E-state index is -0.445. The highest BCUT2D eigenvalue weighted by Crippen LogP contribution is 2.46. The highest BCUT2D eigenvalue weighted by Gasteiger charge is 2.52. The molecule has 21 aromatic rings. The van der Waals surface area contributed by atoms with Crippen LogP contribution in [-0.2, 0) is 9.31 Å². The first-order valence-electron chi connectivity index (χ1n) is 40.6. The summed E-state index contributed by atoms with van der Waals surface area (Å²) in [6.45, 7) is 8.23. The van der Waals surface area contributed by atoms with E-state index < -0.39 is 18.3 Å². The van der Waals surface area contributed by atoms with Crippen LogP contribution in [0.4, 0.5) is 0 Å². The van der Waals surface area contributed by atoms with Gasteiger partial charge in [0.1, 0.15) is 16.7 Å². The molecule has 0 amide bonds. The van der Waals surface area contributed by atoms with E-state index in [0.717, 1.165) is 131 Å². The maximum atomic E-state index is 6.47.